The molecule has 132 valence electrons. The van der Waals surface area contributed by atoms with Crippen LogP contribution in [0.1, 0.15) is 35.7 Å². The molecule has 1 N–H and O–H groups in total. The number of amides is 1. The van der Waals surface area contributed by atoms with Crippen molar-refractivity contribution in [2.75, 3.05) is 19.6 Å². The van der Waals surface area contributed by atoms with Crippen molar-refractivity contribution < 1.29 is 4.79 Å². The van der Waals surface area contributed by atoms with E-state index >= 15 is 0 Å². The second kappa shape index (κ2) is 8.54. The molecule has 1 aliphatic heterocycles. The van der Waals surface area contributed by atoms with Crippen molar-refractivity contribution in [1.82, 2.24) is 10.2 Å². The summed E-state index contributed by atoms with van der Waals surface area (Å²) >= 11 is 1.72. The maximum absolute atomic E-state index is 12.4. The molecule has 0 saturated carbocycles. The molecule has 1 aliphatic rings. The third-order valence-corrected chi connectivity index (χ3v) is 5.79. The molecule has 0 bridgehead atoms. The van der Waals surface area contributed by atoms with Gasteiger partial charge >= 0.3 is 0 Å². The van der Waals surface area contributed by atoms with Crippen molar-refractivity contribution >= 4 is 17.7 Å². The number of hydrogen-bond acceptors (Lipinski definition) is 3. The normalized spacial score (nSPS) is 17.6. The van der Waals surface area contributed by atoms with Crippen LogP contribution in [0.3, 0.4) is 0 Å². The van der Waals surface area contributed by atoms with E-state index in [9.17, 15) is 4.79 Å². The van der Waals surface area contributed by atoms with Crippen LogP contribution in [-0.4, -0.2) is 36.5 Å². The Morgan fingerprint density at radius 1 is 1.12 bits per heavy atom. The van der Waals surface area contributed by atoms with Crippen LogP contribution in [0.15, 0.2) is 58.3 Å². The first kappa shape index (κ1) is 18.0. The van der Waals surface area contributed by atoms with E-state index in [1.54, 1.807) is 11.8 Å². The summed E-state index contributed by atoms with van der Waals surface area (Å²) in [5.41, 5.74) is 1.99. The third-order valence-electron chi connectivity index (χ3n) is 4.78. The number of aryl methyl sites for hydroxylation is 1. The van der Waals surface area contributed by atoms with Crippen LogP contribution in [0, 0.1) is 6.92 Å². The zero-order valence-electron chi connectivity index (χ0n) is 15.0. The molecule has 0 radical (unpaired) electrons. The van der Waals surface area contributed by atoms with Gasteiger partial charge in [-0.1, -0.05) is 36.4 Å². The number of benzene rings is 2. The zero-order chi connectivity index (χ0) is 17.6. The van der Waals surface area contributed by atoms with Crippen LogP contribution in [-0.2, 0) is 0 Å². The largest absolute Gasteiger partial charge is 0.350 e. The van der Waals surface area contributed by atoms with Gasteiger partial charge in [0.2, 0.25) is 0 Å². The molecule has 0 aliphatic carbocycles. The Bertz CT molecular complexity index is 697. The van der Waals surface area contributed by atoms with Crippen LogP contribution in [0.25, 0.3) is 0 Å². The summed E-state index contributed by atoms with van der Waals surface area (Å²) < 4.78 is 0. The summed E-state index contributed by atoms with van der Waals surface area (Å²) in [4.78, 5) is 17.2. The zero-order valence-corrected chi connectivity index (χ0v) is 15.8. The lowest BCUT2D eigenvalue weighted by Crippen LogP contribution is -2.40. The maximum atomic E-state index is 12.4. The highest BCUT2D eigenvalue weighted by Gasteiger charge is 2.23. The van der Waals surface area contributed by atoms with Crippen LogP contribution in [0.2, 0.25) is 0 Å². The van der Waals surface area contributed by atoms with Crippen molar-refractivity contribution in [3.8, 4) is 0 Å². The first-order valence-corrected chi connectivity index (χ1v) is 9.84. The minimum atomic E-state index is 0.0230. The molecule has 0 spiro atoms. The van der Waals surface area contributed by atoms with Gasteiger partial charge in [0, 0.05) is 27.9 Å². The van der Waals surface area contributed by atoms with Crippen LogP contribution >= 0.6 is 11.8 Å². The van der Waals surface area contributed by atoms with Gasteiger partial charge in [-0.3, -0.25) is 9.69 Å². The Kier molecular flexibility index (Phi) is 6.16. The summed E-state index contributed by atoms with van der Waals surface area (Å²) in [6.45, 7) is 7.23. The fourth-order valence-electron chi connectivity index (χ4n) is 3.27. The van der Waals surface area contributed by atoms with Crippen LogP contribution < -0.4 is 5.32 Å². The number of carbonyl (C=O) groups excluding carboxylic acids is 1. The van der Waals surface area contributed by atoms with Gasteiger partial charge in [0.25, 0.3) is 5.91 Å². The number of nitrogens with one attached hydrogen (secondary N) is 1. The third kappa shape index (κ3) is 4.86. The Morgan fingerprint density at radius 2 is 1.76 bits per heavy atom. The van der Waals surface area contributed by atoms with E-state index in [0.29, 0.717) is 6.04 Å². The molecule has 1 fully saturated rings. The van der Waals surface area contributed by atoms with Gasteiger partial charge in [0.05, 0.1) is 0 Å². The first-order chi connectivity index (χ1) is 12.2. The summed E-state index contributed by atoms with van der Waals surface area (Å²) in [5.74, 6) is 0.0230. The fourth-order valence-corrected chi connectivity index (χ4v) is 4.09. The average molecular weight is 355 g/mol. The predicted molar refractivity (Wildman–Crippen MR) is 104 cm³/mol. The lowest BCUT2D eigenvalue weighted by Gasteiger charge is -2.22. The Balaban J connectivity index is 1.54. The molecule has 1 heterocycles. The smallest absolute Gasteiger partial charge is 0.251 e. The molecule has 1 amide bonds. The van der Waals surface area contributed by atoms with E-state index in [-0.39, 0.29) is 5.91 Å². The van der Waals surface area contributed by atoms with Gasteiger partial charge in [-0.2, -0.15) is 0 Å². The standard InChI is InChI=1S/C21H26N2OS/c1-3-23-14-4-5-18(23)15-22-21(24)17-8-12-20(13-9-17)25-19-10-6-16(2)7-11-19/h6-13,18H,3-5,14-15H2,1-2H3,(H,22,24). The molecule has 25 heavy (non-hydrogen) atoms. The molecule has 1 atom stereocenters. The van der Waals surface area contributed by atoms with E-state index in [1.807, 2.05) is 24.3 Å². The first-order valence-electron chi connectivity index (χ1n) is 9.02. The monoisotopic (exact) mass is 354 g/mol. The van der Waals surface area contributed by atoms with Crippen molar-refractivity contribution in [2.45, 2.75) is 42.5 Å². The van der Waals surface area contributed by atoms with E-state index in [0.717, 1.165) is 30.1 Å². The Morgan fingerprint density at radius 3 is 2.40 bits per heavy atom. The quantitative estimate of drug-likeness (QED) is 0.836. The molecule has 0 aromatic heterocycles. The molecule has 3 nitrogen and oxygen atoms in total. The second-order valence-corrected chi connectivity index (χ2v) is 7.72. The minimum absolute atomic E-state index is 0.0230. The lowest BCUT2D eigenvalue weighted by atomic mass is 10.2. The molecule has 1 saturated heterocycles. The molecular weight excluding hydrogens is 328 g/mol. The van der Waals surface area contributed by atoms with Crippen molar-refractivity contribution in [3.63, 3.8) is 0 Å². The van der Waals surface area contributed by atoms with Crippen molar-refractivity contribution in [2.24, 2.45) is 0 Å². The lowest BCUT2D eigenvalue weighted by molar-refractivity contribution is 0.0941. The molecule has 1 unspecified atom stereocenters. The fraction of sp³-hybridized carbons (Fsp3) is 0.381. The molecular formula is C21H26N2OS. The highest BCUT2D eigenvalue weighted by Crippen LogP contribution is 2.27. The molecule has 4 heteroatoms. The Hall–Kier alpha value is -1.78. The Labute approximate surface area is 154 Å². The number of nitrogens with zero attached hydrogens (tertiary/aromatic N) is 1. The number of likely N-dealkylation sites (N-methyl/N-ethyl adjacent to an activating group) is 1. The number of rotatable bonds is 6. The average Bonchev–Trinajstić information content (AvgIpc) is 3.10. The maximum Gasteiger partial charge on any atom is 0.251 e. The number of likely N-dealkylation sites (tertiary alicyclic amines) is 1. The highest BCUT2D eigenvalue weighted by molar-refractivity contribution is 7.99. The van der Waals surface area contributed by atoms with Gasteiger partial charge in [-0.25, -0.2) is 0 Å². The van der Waals surface area contributed by atoms with E-state index in [1.165, 1.54) is 23.3 Å². The SMILES string of the molecule is CCN1CCCC1CNC(=O)c1ccc(Sc2ccc(C)cc2)cc1. The van der Waals surface area contributed by atoms with Gasteiger partial charge in [0.1, 0.15) is 0 Å². The van der Waals surface area contributed by atoms with E-state index in [4.69, 9.17) is 0 Å². The van der Waals surface area contributed by atoms with Gasteiger partial charge in [-0.15, -0.1) is 0 Å². The summed E-state index contributed by atoms with van der Waals surface area (Å²) in [6, 6.07) is 16.9. The topological polar surface area (TPSA) is 32.3 Å². The summed E-state index contributed by atoms with van der Waals surface area (Å²) in [7, 11) is 0. The van der Waals surface area contributed by atoms with Crippen LogP contribution in [0.5, 0.6) is 0 Å². The van der Waals surface area contributed by atoms with Gasteiger partial charge in [0.15, 0.2) is 0 Å². The predicted octanol–water partition coefficient (Wildman–Crippen LogP) is 4.36. The summed E-state index contributed by atoms with van der Waals surface area (Å²) in [5, 5.41) is 3.09. The van der Waals surface area contributed by atoms with Crippen molar-refractivity contribution in [1.29, 1.82) is 0 Å². The summed E-state index contributed by atoms with van der Waals surface area (Å²) in [6.07, 6.45) is 2.42. The molecule has 2 aromatic rings. The number of hydrogen-bond donors (Lipinski definition) is 1. The van der Waals surface area contributed by atoms with Crippen LogP contribution in [0.4, 0.5) is 0 Å². The number of carbonyl (C=O) groups is 1. The minimum Gasteiger partial charge on any atom is -0.350 e. The molecule has 2 aromatic carbocycles. The highest BCUT2D eigenvalue weighted by atomic mass is 32.2. The van der Waals surface area contributed by atoms with Gasteiger partial charge < -0.3 is 5.32 Å². The molecule has 3 rings (SSSR count). The van der Waals surface area contributed by atoms with E-state index in [2.05, 4.69) is 48.3 Å². The second-order valence-electron chi connectivity index (χ2n) is 6.57. The van der Waals surface area contributed by atoms with E-state index < -0.39 is 0 Å². The van der Waals surface area contributed by atoms with Gasteiger partial charge in [-0.05, 0) is 69.3 Å². The van der Waals surface area contributed by atoms with Crippen molar-refractivity contribution in [3.05, 3.63) is 59.7 Å².